The van der Waals surface area contributed by atoms with Gasteiger partial charge in [0.1, 0.15) is 0 Å². The van der Waals surface area contributed by atoms with Crippen LogP contribution in [-0.2, 0) is 19.1 Å². The molecule has 0 aromatic heterocycles. The summed E-state index contributed by atoms with van der Waals surface area (Å²) in [6, 6.07) is 0. The van der Waals surface area contributed by atoms with Gasteiger partial charge in [-0.25, -0.2) is 0 Å². The van der Waals surface area contributed by atoms with Crippen LogP contribution in [0.4, 0.5) is 0 Å². The van der Waals surface area contributed by atoms with Gasteiger partial charge in [-0.1, -0.05) is 37.8 Å². The first kappa shape index (κ1) is 22.6. The average Bonchev–Trinajstić information content (AvgIpc) is 2.59. The molecule has 0 unspecified atom stereocenters. The number of unbranched alkanes of at least 4 members (excludes halogenated alkanes) is 7. The first-order chi connectivity index (χ1) is 11.7. The van der Waals surface area contributed by atoms with E-state index in [-0.39, 0.29) is 18.5 Å². The number of hydrogen-bond donors (Lipinski definition) is 1. The van der Waals surface area contributed by atoms with Crippen molar-refractivity contribution in [3.8, 4) is 0 Å². The Balaban J connectivity index is 3.30. The standard InChI is InChI=1S/C19H34O5/c1-23-18(21)14-10-6-3-5-9-13-17-24-19(22)15-11-7-2-4-8-12-16-20/h5,9,20H,2-4,6-8,10-17H2,1H3/b9-5-. The van der Waals surface area contributed by atoms with E-state index < -0.39 is 0 Å². The normalized spacial score (nSPS) is 10.9. The van der Waals surface area contributed by atoms with Crippen molar-refractivity contribution in [1.82, 2.24) is 0 Å². The molecule has 0 aliphatic heterocycles. The Labute approximate surface area is 146 Å². The summed E-state index contributed by atoms with van der Waals surface area (Å²) in [5, 5.41) is 8.66. The van der Waals surface area contributed by atoms with Gasteiger partial charge in [0.2, 0.25) is 0 Å². The minimum atomic E-state index is -0.156. The van der Waals surface area contributed by atoms with Crippen molar-refractivity contribution in [2.24, 2.45) is 0 Å². The number of esters is 2. The first-order valence-corrected chi connectivity index (χ1v) is 9.19. The van der Waals surface area contributed by atoms with E-state index in [4.69, 9.17) is 9.84 Å². The number of ether oxygens (including phenoxy) is 2. The molecule has 0 rings (SSSR count). The Morgan fingerprint density at radius 3 is 2.08 bits per heavy atom. The zero-order valence-corrected chi connectivity index (χ0v) is 15.1. The first-order valence-electron chi connectivity index (χ1n) is 9.19. The summed E-state index contributed by atoms with van der Waals surface area (Å²) in [6.45, 7) is 0.711. The molecule has 0 amide bonds. The van der Waals surface area contributed by atoms with Crippen molar-refractivity contribution in [3.63, 3.8) is 0 Å². The summed E-state index contributed by atoms with van der Waals surface area (Å²) >= 11 is 0. The summed E-state index contributed by atoms with van der Waals surface area (Å²) in [4.78, 5) is 22.4. The Hall–Kier alpha value is -1.36. The molecule has 0 aromatic carbocycles. The monoisotopic (exact) mass is 342 g/mol. The molecule has 0 fully saturated rings. The molecular formula is C19H34O5. The number of carbonyl (C=O) groups excluding carboxylic acids is 2. The van der Waals surface area contributed by atoms with Gasteiger partial charge in [0.15, 0.2) is 0 Å². The number of aliphatic hydroxyl groups excluding tert-OH is 1. The highest BCUT2D eigenvalue weighted by molar-refractivity contribution is 5.69. The second kappa shape index (κ2) is 18.0. The van der Waals surface area contributed by atoms with E-state index in [1.54, 1.807) is 0 Å². The van der Waals surface area contributed by atoms with E-state index in [1.165, 1.54) is 7.11 Å². The lowest BCUT2D eigenvalue weighted by Crippen LogP contribution is -2.05. The van der Waals surface area contributed by atoms with Crippen LogP contribution < -0.4 is 0 Å². The van der Waals surface area contributed by atoms with Gasteiger partial charge in [-0.3, -0.25) is 9.59 Å². The maximum atomic E-state index is 11.5. The molecule has 0 radical (unpaired) electrons. The van der Waals surface area contributed by atoms with Gasteiger partial charge < -0.3 is 14.6 Å². The Morgan fingerprint density at radius 1 is 0.792 bits per heavy atom. The highest BCUT2D eigenvalue weighted by Crippen LogP contribution is 2.08. The molecule has 24 heavy (non-hydrogen) atoms. The highest BCUT2D eigenvalue weighted by atomic mass is 16.5. The van der Waals surface area contributed by atoms with Gasteiger partial charge in [0.25, 0.3) is 0 Å². The quantitative estimate of drug-likeness (QED) is 0.261. The van der Waals surface area contributed by atoms with Gasteiger partial charge in [0, 0.05) is 19.4 Å². The largest absolute Gasteiger partial charge is 0.469 e. The van der Waals surface area contributed by atoms with E-state index in [0.29, 0.717) is 19.4 Å². The molecule has 0 heterocycles. The third-order valence-corrected chi connectivity index (χ3v) is 3.73. The fourth-order valence-electron chi connectivity index (χ4n) is 2.27. The maximum absolute atomic E-state index is 11.5. The zero-order valence-electron chi connectivity index (χ0n) is 15.1. The second-order valence-electron chi connectivity index (χ2n) is 5.90. The van der Waals surface area contributed by atoms with Crippen LogP contribution in [0.15, 0.2) is 12.2 Å². The number of methoxy groups -OCH3 is 1. The van der Waals surface area contributed by atoms with Gasteiger partial charge in [-0.05, 0) is 38.5 Å². The minimum absolute atomic E-state index is 0.114. The Bertz CT molecular complexity index is 339. The van der Waals surface area contributed by atoms with Crippen molar-refractivity contribution in [3.05, 3.63) is 12.2 Å². The van der Waals surface area contributed by atoms with Gasteiger partial charge >= 0.3 is 11.9 Å². The zero-order chi connectivity index (χ0) is 17.9. The van der Waals surface area contributed by atoms with Crippen LogP contribution >= 0.6 is 0 Å². The van der Waals surface area contributed by atoms with Crippen molar-refractivity contribution in [2.75, 3.05) is 20.3 Å². The van der Waals surface area contributed by atoms with Crippen molar-refractivity contribution in [2.45, 2.75) is 77.0 Å². The molecule has 5 heteroatoms. The number of rotatable bonds is 16. The smallest absolute Gasteiger partial charge is 0.305 e. The maximum Gasteiger partial charge on any atom is 0.305 e. The number of carbonyl (C=O) groups is 2. The van der Waals surface area contributed by atoms with Crippen LogP contribution in [0.25, 0.3) is 0 Å². The lowest BCUT2D eigenvalue weighted by Gasteiger charge is -2.03. The molecule has 0 aliphatic rings. The summed E-state index contributed by atoms with van der Waals surface area (Å²) in [5.41, 5.74) is 0. The van der Waals surface area contributed by atoms with E-state index in [9.17, 15) is 9.59 Å². The molecule has 5 nitrogen and oxygen atoms in total. The molecule has 0 aliphatic carbocycles. The molecule has 0 atom stereocenters. The Morgan fingerprint density at radius 2 is 1.38 bits per heavy atom. The van der Waals surface area contributed by atoms with Gasteiger partial charge in [0.05, 0.1) is 13.7 Å². The van der Waals surface area contributed by atoms with Gasteiger partial charge in [-0.15, -0.1) is 0 Å². The molecule has 0 aromatic rings. The molecule has 0 saturated heterocycles. The summed E-state index contributed by atoms with van der Waals surface area (Å²) in [7, 11) is 1.41. The third-order valence-electron chi connectivity index (χ3n) is 3.73. The van der Waals surface area contributed by atoms with Crippen LogP contribution in [0.1, 0.15) is 77.0 Å². The molecule has 1 N–H and O–H groups in total. The van der Waals surface area contributed by atoms with E-state index in [2.05, 4.69) is 10.8 Å². The molecular weight excluding hydrogens is 308 g/mol. The lowest BCUT2D eigenvalue weighted by atomic mass is 10.1. The van der Waals surface area contributed by atoms with E-state index in [1.807, 2.05) is 6.08 Å². The predicted octanol–water partition coefficient (Wildman–Crippen LogP) is 3.93. The number of hydrogen-bond acceptors (Lipinski definition) is 5. The SMILES string of the molecule is COC(=O)CCCC/C=C\CCOC(=O)CCCCCCCCO. The highest BCUT2D eigenvalue weighted by Gasteiger charge is 2.01. The molecule has 0 saturated carbocycles. The van der Waals surface area contributed by atoms with E-state index >= 15 is 0 Å². The topological polar surface area (TPSA) is 72.8 Å². The number of allylic oxidation sites excluding steroid dienone is 1. The Kier molecular flexibility index (Phi) is 17.0. The van der Waals surface area contributed by atoms with Crippen LogP contribution in [-0.4, -0.2) is 37.4 Å². The van der Waals surface area contributed by atoms with E-state index in [0.717, 1.165) is 64.2 Å². The summed E-state index contributed by atoms with van der Waals surface area (Å²) in [5.74, 6) is -0.270. The van der Waals surface area contributed by atoms with Crippen LogP contribution in [0.3, 0.4) is 0 Å². The minimum Gasteiger partial charge on any atom is -0.469 e. The molecule has 140 valence electrons. The van der Waals surface area contributed by atoms with Crippen molar-refractivity contribution >= 4 is 11.9 Å². The predicted molar refractivity (Wildman–Crippen MR) is 94.6 cm³/mol. The average molecular weight is 342 g/mol. The van der Waals surface area contributed by atoms with Crippen molar-refractivity contribution < 1.29 is 24.2 Å². The summed E-state index contributed by atoms with van der Waals surface area (Å²) < 4.78 is 9.75. The second-order valence-corrected chi connectivity index (χ2v) is 5.90. The summed E-state index contributed by atoms with van der Waals surface area (Å²) in [6.07, 6.45) is 14.6. The van der Waals surface area contributed by atoms with Crippen LogP contribution in [0.5, 0.6) is 0 Å². The third kappa shape index (κ3) is 17.0. The van der Waals surface area contributed by atoms with Crippen LogP contribution in [0.2, 0.25) is 0 Å². The fourth-order valence-corrected chi connectivity index (χ4v) is 2.27. The van der Waals surface area contributed by atoms with Crippen molar-refractivity contribution in [1.29, 1.82) is 0 Å². The fraction of sp³-hybridized carbons (Fsp3) is 0.789. The van der Waals surface area contributed by atoms with Gasteiger partial charge in [-0.2, -0.15) is 0 Å². The van der Waals surface area contributed by atoms with Crippen LogP contribution in [0, 0.1) is 0 Å². The molecule has 0 spiro atoms. The number of aliphatic hydroxyl groups is 1. The molecule has 0 bridgehead atoms. The lowest BCUT2D eigenvalue weighted by molar-refractivity contribution is -0.143.